The first kappa shape index (κ1) is 90.7. The molecule has 30 nitrogen and oxygen atoms in total. The highest BCUT2D eigenvalue weighted by Gasteiger charge is 2.44. The van der Waals surface area contributed by atoms with Crippen molar-refractivity contribution in [1.29, 1.82) is 0 Å². The number of hydrogen-bond donors (Lipinski definition) is 14. The highest BCUT2D eigenvalue weighted by molar-refractivity contribution is 6.03. The Hall–Kier alpha value is -8.54. The molecule has 2 aliphatic rings. The lowest BCUT2D eigenvalue weighted by Crippen LogP contribution is -2.64. The Morgan fingerprint density at radius 3 is 1.69 bits per heavy atom. The van der Waals surface area contributed by atoms with E-state index in [0.29, 0.717) is 30.7 Å². The van der Waals surface area contributed by atoms with Crippen LogP contribution in [0.3, 0.4) is 0 Å². The molecule has 0 unspecified atom stereocenters. The van der Waals surface area contributed by atoms with E-state index in [0.717, 1.165) is 6.42 Å². The van der Waals surface area contributed by atoms with Gasteiger partial charge in [-0.3, -0.25) is 62.3 Å². The minimum absolute atomic E-state index is 0.0355. The van der Waals surface area contributed by atoms with Gasteiger partial charge in [-0.25, -0.2) is 4.79 Å². The average molecular weight is 1480 g/mol. The molecule has 15 N–H and O–H groups in total. The van der Waals surface area contributed by atoms with Crippen LogP contribution in [0.25, 0.3) is 0 Å². The van der Waals surface area contributed by atoms with E-state index in [1.807, 2.05) is 13.8 Å². The molecular weight excluding hydrogens is 1350 g/mol. The first-order chi connectivity index (χ1) is 49.2. The SMILES string of the molecule is C/C=C1\NC(=O)[C@H](Cc2ccccc2)NC(=O)[C@@H](C(C)C)NC(=O)[C@@H]([C@@H](C)CC)NC(=O)[C@H](NC(=O)[C@H](NC(=O)[C@H](CCCN)NC(=O)[C@@H]2CCCN2C(=O)[C@H](NC(=O)[C@@H](NC(=O)[C@@H](NC(=O)[C@H](NC(=O)CCCC(C)C)C(C)C)[C@@H](C)O)C(C)C)C(C)C)[C@@H](C)CC)[C@@H](C)OC(=O)[C@H](C(C)C)NC1=O. The minimum atomic E-state index is -1.83. The Labute approximate surface area is 620 Å². The van der Waals surface area contributed by atoms with E-state index >= 15 is 9.59 Å². The summed E-state index contributed by atoms with van der Waals surface area (Å²) in [5.41, 5.74) is 6.34. The molecule has 13 amide bonds. The molecule has 0 aliphatic carbocycles. The van der Waals surface area contributed by atoms with Crippen LogP contribution >= 0.6 is 0 Å². The Morgan fingerprint density at radius 2 is 1.15 bits per heavy atom. The molecule has 16 atom stereocenters. The van der Waals surface area contributed by atoms with Crippen LogP contribution in [-0.4, -0.2) is 191 Å². The second kappa shape index (κ2) is 43.8. The second-order valence-electron chi connectivity index (χ2n) is 30.2. The van der Waals surface area contributed by atoms with Gasteiger partial charge in [-0.2, -0.15) is 0 Å². The molecule has 2 aliphatic heterocycles. The maximum absolute atomic E-state index is 15.0. The van der Waals surface area contributed by atoms with E-state index in [4.69, 9.17) is 10.5 Å². The number of nitrogens with one attached hydrogen (secondary N) is 12. The molecule has 2 saturated heterocycles. The Bertz CT molecular complexity index is 3160. The largest absolute Gasteiger partial charge is 0.458 e. The number of hydrogen-bond acceptors (Lipinski definition) is 17. The topological polar surface area (TPSA) is 442 Å². The van der Waals surface area contributed by atoms with Crippen LogP contribution < -0.4 is 69.5 Å². The molecule has 105 heavy (non-hydrogen) atoms. The van der Waals surface area contributed by atoms with Crippen molar-refractivity contribution in [3.05, 3.63) is 47.7 Å². The van der Waals surface area contributed by atoms with Crippen molar-refractivity contribution in [3.8, 4) is 0 Å². The molecule has 0 radical (unpaired) electrons. The number of nitrogens with two attached hydrogens (primary N) is 1. The zero-order valence-electron chi connectivity index (χ0n) is 65.2. The van der Waals surface area contributed by atoms with Crippen LogP contribution in [0.4, 0.5) is 0 Å². The van der Waals surface area contributed by atoms with Gasteiger partial charge in [0.25, 0.3) is 5.91 Å². The number of amides is 13. The zero-order valence-corrected chi connectivity index (χ0v) is 65.2. The lowest BCUT2D eigenvalue weighted by Gasteiger charge is -2.33. The third-order valence-corrected chi connectivity index (χ3v) is 19.3. The summed E-state index contributed by atoms with van der Waals surface area (Å²) in [6, 6.07) is -7.67. The van der Waals surface area contributed by atoms with Gasteiger partial charge in [0.15, 0.2) is 0 Å². The molecule has 0 spiro atoms. The van der Waals surface area contributed by atoms with E-state index in [1.165, 1.54) is 31.7 Å². The number of esters is 1. The first-order valence-corrected chi connectivity index (χ1v) is 37.5. The third kappa shape index (κ3) is 27.7. The van der Waals surface area contributed by atoms with E-state index in [9.17, 15) is 62.6 Å². The molecule has 3 rings (SSSR count). The maximum Gasteiger partial charge on any atom is 0.329 e. The number of aliphatic hydroxyl groups excluding tert-OH is 1. The summed E-state index contributed by atoms with van der Waals surface area (Å²) in [5, 5.41) is 43.2. The summed E-state index contributed by atoms with van der Waals surface area (Å²) in [4.78, 5) is 202. The van der Waals surface area contributed by atoms with Crippen molar-refractivity contribution in [2.24, 2.45) is 53.1 Å². The van der Waals surface area contributed by atoms with Crippen LogP contribution in [-0.2, 0) is 78.3 Å². The van der Waals surface area contributed by atoms with Crippen molar-refractivity contribution in [2.75, 3.05) is 13.1 Å². The summed E-state index contributed by atoms with van der Waals surface area (Å²) in [6.07, 6.45) is 1.02. The van der Waals surface area contributed by atoms with Crippen LogP contribution in [0.1, 0.15) is 195 Å². The van der Waals surface area contributed by atoms with Crippen LogP contribution in [0, 0.1) is 47.3 Å². The number of carbonyl (C=O) groups is 14. The summed E-state index contributed by atoms with van der Waals surface area (Å²) in [6.45, 7) is 31.8. The first-order valence-electron chi connectivity index (χ1n) is 37.5. The standard InChI is InChI=1S/C75H124N14O16/c1-20-44(16)59(71(100)88-62-47(19)105-75(104)58(43(14)15)84-63(92)49(22-3)77-65(94)51(37-48-30-24-23-25-31-48)79-67(96)55(40(8)9)81-70(99)60(45(17)21-2)86-73(62)102)85-64(93)50(32-27-35-76)78-66(95)52-33-28-36-89(52)74(103)57(42(12)13)83-69(98)56(41(10)11)82-72(101)61(46(18)90)87-68(97)54(39(6)7)80-53(91)34-26-29-38(4)5/h22-25,30-31,38-47,50-52,54-62,90H,20-21,26-29,32-37,76H2,1-19H3,(H,77,94)(H,78,95)(H,79,96)(H,80,91)(H,81,99)(H,82,101)(H,83,98)(H,84,92)(H,85,93)(H,86,102)(H,87,97)(H,88,100)/b49-22-/t44-,45-,46+,47+,50-,51-,52-,54+,55+,56-,57+,58-,59+,60+,61-,62+/m0/s1. The second-order valence-corrected chi connectivity index (χ2v) is 30.2. The lowest BCUT2D eigenvalue weighted by atomic mass is 9.95. The highest BCUT2D eigenvalue weighted by Crippen LogP contribution is 2.23. The fourth-order valence-corrected chi connectivity index (χ4v) is 12.1. The normalized spacial score (nSPS) is 22.6. The fraction of sp³-hybridized carbons (Fsp3) is 0.707. The predicted octanol–water partition coefficient (Wildman–Crippen LogP) is 1.84. The quantitative estimate of drug-likeness (QED) is 0.0353. The number of benzene rings is 1. The molecule has 0 aromatic heterocycles. The van der Waals surface area contributed by atoms with Gasteiger partial charge in [-0.1, -0.05) is 166 Å². The van der Waals surface area contributed by atoms with Crippen molar-refractivity contribution in [3.63, 3.8) is 0 Å². The molecule has 1 aromatic rings. The van der Waals surface area contributed by atoms with Gasteiger partial charge in [-0.15, -0.1) is 0 Å². The molecule has 1 aromatic carbocycles. The number of aliphatic hydroxyl groups is 1. The number of likely N-dealkylation sites (tertiary alicyclic amines) is 1. The van der Waals surface area contributed by atoms with Crippen molar-refractivity contribution in [1.82, 2.24) is 68.7 Å². The van der Waals surface area contributed by atoms with Gasteiger partial charge in [0, 0.05) is 19.4 Å². The summed E-state index contributed by atoms with van der Waals surface area (Å²) in [7, 11) is 0. The Morgan fingerprint density at radius 1 is 0.610 bits per heavy atom. The van der Waals surface area contributed by atoms with E-state index < -0.39 is 203 Å². The molecule has 30 heteroatoms. The Balaban J connectivity index is 2.00. The molecule has 2 heterocycles. The number of nitrogens with zero attached hydrogens (tertiary/aromatic N) is 1. The number of rotatable bonds is 33. The van der Waals surface area contributed by atoms with Crippen molar-refractivity contribution < 1.29 is 77.0 Å². The van der Waals surface area contributed by atoms with Gasteiger partial charge in [0.2, 0.25) is 70.9 Å². The van der Waals surface area contributed by atoms with E-state index in [2.05, 4.69) is 63.8 Å². The monoisotopic (exact) mass is 1480 g/mol. The number of ether oxygens (including phenoxy) is 1. The molecule has 590 valence electrons. The van der Waals surface area contributed by atoms with Crippen molar-refractivity contribution >= 4 is 82.8 Å². The number of carbonyl (C=O) groups excluding carboxylic acids is 14. The van der Waals surface area contributed by atoms with E-state index in [1.54, 1.807) is 127 Å². The zero-order chi connectivity index (χ0) is 79.4. The van der Waals surface area contributed by atoms with Crippen LogP contribution in [0.2, 0.25) is 0 Å². The predicted molar refractivity (Wildman–Crippen MR) is 395 cm³/mol. The number of cyclic esters (lactones) is 1. The smallest absolute Gasteiger partial charge is 0.329 e. The fourth-order valence-electron chi connectivity index (χ4n) is 12.1. The molecule has 0 saturated carbocycles. The molecular formula is C75H124N14O16. The summed E-state index contributed by atoms with van der Waals surface area (Å²) in [5.74, 6) is -15.1. The maximum atomic E-state index is 15.0. The van der Waals surface area contributed by atoms with Gasteiger partial charge in [-0.05, 0) is 112 Å². The molecule has 0 bridgehead atoms. The van der Waals surface area contributed by atoms with Gasteiger partial charge in [0.1, 0.15) is 84.3 Å². The third-order valence-electron chi connectivity index (χ3n) is 19.3. The van der Waals surface area contributed by atoms with Crippen LogP contribution in [0.5, 0.6) is 0 Å². The van der Waals surface area contributed by atoms with Crippen molar-refractivity contribution in [2.45, 2.75) is 280 Å². The number of allylic oxidation sites excluding steroid dienone is 1. The average Bonchev–Trinajstić information content (AvgIpc) is 1.79. The highest BCUT2D eigenvalue weighted by atomic mass is 16.5. The summed E-state index contributed by atoms with van der Waals surface area (Å²) < 4.78 is 5.96. The van der Waals surface area contributed by atoms with Gasteiger partial charge < -0.3 is 84.3 Å². The lowest BCUT2D eigenvalue weighted by molar-refractivity contribution is -0.157. The van der Waals surface area contributed by atoms with Gasteiger partial charge in [0.05, 0.1) is 6.10 Å². The molecule has 2 fully saturated rings. The minimum Gasteiger partial charge on any atom is -0.458 e. The van der Waals surface area contributed by atoms with Gasteiger partial charge >= 0.3 is 5.97 Å². The van der Waals surface area contributed by atoms with E-state index in [-0.39, 0.29) is 63.2 Å². The Kier molecular flexibility index (Phi) is 37.8. The van der Waals surface area contributed by atoms with Crippen LogP contribution in [0.15, 0.2) is 42.1 Å². The summed E-state index contributed by atoms with van der Waals surface area (Å²) >= 11 is 0.